The Morgan fingerprint density at radius 2 is 0.963 bits per heavy atom. The lowest BCUT2D eigenvalue weighted by molar-refractivity contribution is -0.175. The van der Waals surface area contributed by atoms with Crippen molar-refractivity contribution in [2.24, 2.45) is 0 Å². The number of fused-ring (bicyclic) bond motifs is 6. The molecule has 4 bridgehead atoms. The number of ether oxygens (including phenoxy) is 4. The molecule has 8 aliphatic rings. The van der Waals surface area contributed by atoms with E-state index in [9.17, 15) is 19.2 Å². The topological polar surface area (TPSA) is 208 Å². The summed E-state index contributed by atoms with van der Waals surface area (Å²) < 4.78 is 60.1. The number of nitrogens with one attached hydrogen (secondary N) is 2. The normalized spacial score (nSPS) is 32.3. The smallest absolute Gasteiger partial charge is 0.351 e. The second-order valence-electron chi connectivity index (χ2n) is 22.1. The summed E-state index contributed by atoms with van der Waals surface area (Å²) in [5, 5.41) is 5.51. The number of hydrogen-bond donors (Lipinski definition) is 2. The van der Waals surface area contributed by atoms with Gasteiger partial charge in [-0.15, -0.1) is 0 Å². The molecule has 428 valence electrons. The fourth-order valence-electron chi connectivity index (χ4n) is 12.7. The van der Waals surface area contributed by atoms with E-state index in [0.29, 0.717) is 48.3 Å². The van der Waals surface area contributed by atoms with Gasteiger partial charge >= 0.3 is 11.4 Å². The van der Waals surface area contributed by atoms with E-state index in [0.717, 1.165) is 49.9 Å². The fraction of sp³-hybridized carbons (Fsp3) is 0.433. The summed E-state index contributed by atoms with van der Waals surface area (Å²) in [6, 6.07) is 38.9. The molecule has 2 N–H and O–H groups in total. The van der Waals surface area contributed by atoms with Gasteiger partial charge in [0, 0.05) is 59.8 Å². The van der Waals surface area contributed by atoms with Crippen LogP contribution in [0.5, 0.6) is 0 Å². The Kier molecular flexibility index (Phi) is 15.4. The Balaban J connectivity index is 0.000000154. The molecule has 2 aromatic heterocycles. The van der Waals surface area contributed by atoms with Crippen LogP contribution in [-0.4, -0.2) is 114 Å². The molecule has 8 saturated heterocycles. The number of anilines is 2. The first-order valence-corrected chi connectivity index (χ1v) is 30.6. The summed E-state index contributed by atoms with van der Waals surface area (Å²) in [4.78, 5) is 60.3. The summed E-state index contributed by atoms with van der Waals surface area (Å²) in [5.74, 6) is -0.220. The van der Waals surface area contributed by atoms with Crippen LogP contribution in [0.1, 0.15) is 120 Å². The van der Waals surface area contributed by atoms with Crippen LogP contribution in [0.4, 0.5) is 11.6 Å². The molecule has 82 heavy (non-hydrogen) atoms. The Morgan fingerprint density at radius 1 is 0.585 bits per heavy atom. The molecule has 4 aromatic carbocycles. The minimum Gasteiger partial charge on any atom is -0.368 e. The zero-order valence-electron chi connectivity index (χ0n) is 46.0. The van der Waals surface area contributed by atoms with Gasteiger partial charge in [0.25, 0.3) is 28.9 Å². The Bertz CT molecular complexity index is 3200. The predicted molar refractivity (Wildman–Crippen MR) is 305 cm³/mol. The van der Waals surface area contributed by atoms with Crippen molar-refractivity contribution in [3.63, 3.8) is 0 Å². The minimum atomic E-state index is -1.33. The minimum absolute atomic E-state index is 0.0350. The van der Waals surface area contributed by atoms with Crippen molar-refractivity contribution < 1.29 is 46.6 Å². The van der Waals surface area contributed by atoms with Gasteiger partial charge in [-0.1, -0.05) is 111 Å². The second kappa shape index (κ2) is 22.9. The lowest BCUT2D eigenvalue weighted by Crippen LogP contribution is -2.41. The number of aryl methyl sites for hydroxylation is 2. The number of aromatic nitrogens is 4. The van der Waals surface area contributed by atoms with Crippen molar-refractivity contribution in [2.45, 2.75) is 139 Å². The standard InChI is InChI=1S/2C30H33N4O6P/c2*1-3-30-18-37-24(25(30)40-41-34-16-10-15-22(34)23(39-41)20-11-6-4-7-12-20)28(38-30)33-17-19(2)26(32-29(33)36)31-27(35)21-13-8-5-9-14-21/h2*4-9,11-14,17,22-25,28H,3,10,15-16,18H2,1-2H3,(H,31,32,35,36)/t22-,23+,24?,25+,28+,30-,41+;22-,23+,24?,25-,28-,30+,41+/m01/s1. The molecule has 0 spiro atoms. The van der Waals surface area contributed by atoms with Crippen LogP contribution in [0.15, 0.2) is 143 Å². The molecule has 0 aliphatic carbocycles. The van der Waals surface area contributed by atoms with Gasteiger partial charge in [-0.2, -0.15) is 9.97 Å². The molecule has 14 atom stereocenters. The summed E-state index contributed by atoms with van der Waals surface area (Å²) >= 11 is 0. The molecule has 22 heteroatoms. The predicted octanol–water partition coefficient (Wildman–Crippen LogP) is 9.46. The first-order valence-electron chi connectivity index (χ1n) is 28.4. The van der Waals surface area contributed by atoms with E-state index in [4.69, 9.17) is 37.0 Å². The van der Waals surface area contributed by atoms with Gasteiger partial charge in [-0.05, 0) is 87.8 Å². The maximum absolute atomic E-state index is 13.3. The highest BCUT2D eigenvalue weighted by Crippen LogP contribution is 2.65. The first kappa shape index (κ1) is 55.2. The zero-order valence-corrected chi connectivity index (χ0v) is 47.8. The lowest BCUT2D eigenvalue weighted by atomic mass is 9.96. The third-order valence-electron chi connectivity index (χ3n) is 17.2. The molecule has 20 nitrogen and oxygen atoms in total. The molecule has 0 saturated carbocycles. The molecular weight excluding hydrogens is 1090 g/mol. The van der Waals surface area contributed by atoms with Crippen molar-refractivity contribution in [3.8, 4) is 0 Å². The van der Waals surface area contributed by atoms with Gasteiger partial charge in [0.05, 0.1) is 13.2 Å². The van der Waals surface area contributed by atoms with E-state index in [-0.39, 0.29) is 47.7 Å². The molecule has 0 radical (unpaired) electrons. The molecule has 6 aromatic rings. The molecule has 14 rings (SSSR count). The van der Waals surface area contributed by atoms with E-state index in [1.807, 2.05) is 62.4 Å². The Morgan fingerprint density at radius 3 is 1.34 bits per heavy atom. The quantitative estimate of drug-likeness (QED) is 0.0974. The lowest BCUT2D eigenvalue weighted by Gasteiger charge is -2.31. The van der Waals surface area contributed by atoms with Crippen molar-refractivity contribution in [2.75, 3.05) is 36.9 Å². The van der Waals surface area contributed by atoms with Crippen molar-refractivity contribution >= 4 is 40.5 Å². The van der Waals surface area contributed by atoms with Crippen LogP contribution < -0.4 is 22.0 Å². The Labute approximate surface area is 477 Å². The fourth-order valence-corrected chi connectivity index (χ4v) is 16.8. The van der Waals surface area contributed by atoms with Gasteiger partial charge in [-0.3, -0.25) is 18.7 Å². The molecule has 10 heterocycles. The number of amides is 2. The number of carbonyl (C=O) groups excluding carboxylic acids is 2. The number of nitrogens with zero attached hydrogens (tertiary/aromatic N) is 6. The number of carbonyl (C=O) groups is 2. The van der Waals surface area contributed by atoms with Crippen LogP contribution in [-0.2, 0) is 37.0 Å². The highest BCUT2D eigenvalue weighted by atomic mass is 31.2. The maximum atomic E-state index is 13.3. The third-order valence-corrected chi connectivity index (χ3v) is 20.7. The van der Waals surface area contributed by atoms with E-state index in [1.54, 1.807) is 74.8 Å². The van der Waals surface area contributed by atoms with Crippen molar-refractivity contribution in [1.29, 1.82) is 0 Å². The van der Waals surface area contributed by atoms with Crippen molar-refractivity contribution in [3.05, 3.63) is 188 Å². The van der Waals surface area contributed by atoms with Crippen LogP contribution in [0.25, 0.3) is 0 Å². The van der Waals surface area contributed by atoms with Gasteiger partial charge in [0.2, 0.25) is 0 Å². The van der Waals surface area contributed by atoms with Gasteiger partial charge < -0.3 is 47.7 Å². The summed E-state index contributed by atoms with van der Waals surface area (Å²) in [7, 11) is -2.65. The number of rotatable bonds is 14. The van der Waals surface area contributed by atoms with Gasteiger partial charge in [0.15, 0.2) is 12.5 Å². The highest BCUT2D eigenvalue weighted by molar-refractivity contribution is 7.45. The Hall–Kier alpha value is -5.96. The van der Waals surface area contributed by atoms with E-state index in [2.05, 4.69) is 54.2 Å². The second-order valence-corrected chi connectivity index (χ2v) is 24.9. The first-order chi connectivity index (χ1) is 39.9. The highest BCUT2D eigenvalue weighted by Gasteiger charge is 2.66. The summed E-state index contributed by atoms with van der Waals surface area (Å²) in [6.07, 6.45) is 5.73. The van der Waals surface area contributed by atoms with E-state index in [1.165, 1.54) is 9.13 Å². The van der Waals surface area contributed by atoms with Crippen LogP contribution >= 0.6 is 17.1 Å². The molecule has 2 amide bonds. The molecule has 8 aliphatic heterocycles. The molecule has 2 unspecified atom stereocenters. The molecular formula is C60H66N8O12P2. The third kappa shape index (κ3) is 10.1. The number of hydrogen-bond acceptors (Lipinski definition) is 16. The van der Waals surface area contributed by atoms with Crippen LogP contribution in [0, 0.1) is 13.8 Å². The summed E-state index contributed by atoms with van der Waals surface area (Å²) in [5.41, 5.74) is 2.11. The SMILES string of the molecule is CC[C@@]12COC([C@H](n3cc(C)c(NC(=O)c4ccccc4)nc3=O)O1)[C@H]2O[P@@]1O[C@H](c2ccccc2)[C@@H]2CCCN21.CC[C@@]12COC([C@H](n3cc(C)c(NC(=O)c4ccccc4)nc3=O)O1)[C@H]2O[P@]1O[C@@H](c2ccccc2)[C@H]2CCCN21. The number of benzene rings is 4. The maximum Gasteiger partial charge on any atom is 0.351 e. The zero-order chi connectivity index (χ0) is 56.3. The van der Waals surface area contributed by atoms with E-state index < -0.39 is 76.5 Å². The summed E-state index contributed by atoms with van der Waals surface area (Å²) in [6.45, 7) is 10.3. The average Bonchev–Trinajstić information content (AvgIpc) is 2.99. The monoisotopic (exact) mass is 1150 g/mol. The average molecular weight is 1150 g/mol. The largest absolute Gasteiger partial charge is 0.368 e. The van der Waals surface area contributed by atoms with Crippen LogP contribution in [0.2, 0.25) is 0 Å². The van der Waals surface area contributed by atoms with Gasteiger partial charge in [0.1, 0.15) is 59.5 Å². The van der Waals surface area contributed by atoms with Crippen LogP contribution in [0.3, 0.4) is 0 Å². The van der Waals surface area contributed by atoms with E-state index >= 15 is 0 Å². The van der Waals surface area contributed by atoms with Crippen molar-refractivity contribution in [1.82, 2.24) is 28.4 Å². The van der Waals surface area contributed by atoms with Gasteiger partial charge in [-0.25, -0.2) is 18.9 Å². The molecule has 8 fully saturated rings.